The number of carbonyl (C=O) groups excluding carboxylic acids is 1. The molecule has 3 N–H and O–H groups in total. The number of nitrogens with one attached hydrogen (secondary N) is 1. The van der Waals surface area contributed by atoms with Crippen LogP contribution in [-0.4, -0.2) is 58.8 Å². The van der Waals surface area contributed by atoms with Crippen LogP contribution in [0.15, 0.2) is 6.07 Å². The number of fused-ring (bicyclic) bond motifs is 2. The number of nitrogen functional groups attached to an aromatic ring is 1. The molecule has 29 heavy (non-hydrogen) atoms. The Morgan fingerprint density at radius 3 is 2.72 bits per heavy atom. The van der Waals surface area contributed by atoms with Crippen LogP contribution in [0.4, 0.5) is 22.4 Å². The van der Waals surface area contributed by atoms with Crippen LogP contribution in [0.3, 0.4) is 0 Å². The van der Waals surface area contributed by atoms with E-state index in [1.54, 1.807) is 11.9 Å². The molecule has 1 amide bonds. The van der Waals surface area contributed by atoms with Gasteiger partial charge < -0.3 is 25.6 Å². The Hall–Kier alpha value is -2.25. The number of ether oxygens (including phenoxy) is 1. The monoisotopic (exact) mass is 402 g/mol. The van der Waals surface area contributed by atoms with Crippen LogP contribution in [0.1, 0.15) is 52.9 Å². The number of hydrogen-bond acceptors (Lipinski definition) is 7. The predicted octanol–water partition coefficient (Wildman–Crippen LogP) is 3.10. The number of amides is 1. The number of nitrogens with zero attached hydrogens (tertiary/aromatic N) is 4. The molecule has 8 heteroatoms. The molecule has 1 unspecified atom stereocenters. The van der Waals surface area contributed by atoms with Gasteiger partial charge in [0.1, 0.15) is 17.2 Å². The minimum absolute atomic E-state index is 0.0861. The lowest BCUT2D eigenvalue weighted by atomic mass is 9.95. The Morgan fingerprint density at radius 2 is 2.07 bits per heavy atom. The Labute approximate surface area is 173 Å². The molecule has 1 aromatic heterocycles. The fraction of sp³-hybridized carbons (Fsp3) is 0.762. The maximum atomic E-state index is 12.4. The van der Waals surface area contributed by atoms with E-state index >= 15 is 0 Å². The van der Waals surface area contributed by atoms with Crippen LogP contribution in [0.25, 0.3) is 0 Å². The summed E-state index contributed by atoms with van der Waals surface area (Å²) < 4.78 is 5.50. The second-order valence-corrected chi connectivity index (χ2v) is 9.88. The van der Waals surface area contributed by atoms with Crippen molar-refractivity contribution in [2.24, 2.45) is 11.8 Å². The van der Waals surface area contributed by atoms with E-state index < -0.39 is 5.60 Å². The van der Waals surface area contributed by atoms with E-state index in [4.69, 9.17) is 10.5 Å². The number of likely N-dealkylation sites (N-methyl/N-ethyl adjacent to an activating group) is 1. The smallest absolute Gasteiger partial charge is 0.410 e. The molecule has 1 aromatic rings. The van der Waals surface area contributed by atoms with E-state index in [1.807, 2.05) is 26.8 Å². The normalized spacial score (nSPS) is 28.6. The highest BCUT2D eigenvalue weighted by atomic mass is 16.6. The number of rotatable bonds is 4. The second-order valence-electron chi connectivity index (χ2n) is 9.88. The standard InChI is InChI=1S/C21H34N6O2/c1-21(2,3)29-20(28)26(4)15-7-8-27(12-15)18-11-17(24-19(22)25-18)23-16-10-13-5-6-14(16)9-13/h11,13-16H,5-10,12H2,1-4H3,(H3,22,23,24,25)/t13-,14+,15?,16-/m0/s1. The fourth-order valence-corrected chi connectivity index (χ4v) is 5.05. The Balaban J connectivity index is 1.40. The van der Waals surface area contributed by atoms with Gasteiger partial charge in [-0.1, -0.05) is 6.42 Å². The average Bonchev–Trinajstić information content (AvgIpc) is 3.36. The van der Waals surface area contributed by atoms with Gasteiger partial charge in [-0.3, -0.25) is 0 Å². The van der Waals surface area contributed by atoms with Crippen molar-refractivity contribution in [1.29, 1.82) is 0 Å². The summed E-state index contributed by atoms with van der Waals surface area (Å²) >= 11 is 0. The van der Waals surface area contributed by atoms with Crippen LogP contribution in [-0.2, 0) is 4.74 Å². The quantitative estimate of drug-likeness (QED) is 0.799. The number of anilines is 3. The zero-order valence-electron chi connectivity index (χ0n) is 18.0. The fourth-order valence-electron chi connectivity index (χ4n) is 5.05. The van der Waals surface area contributed by atoms with Crippen molar-refractivity contribution in [3.8, 4) is 0 Å². The van der Waals surface area contributed by atoms with Crippen molar-refractivity contribution < 1.29 is 9.53 Å². The van der Waals surface area contributed by atoms with E-state index in [0.29, 0.717) is 12.6 Å². The van der Waals surface area contributed by atoms with Gasteiger partial charge in [-0.25, -0.2) is 4.79 Å². The summed E-state index contributed by atoms with van der Waals surface area (Å²) in [5, 5.41) is 3.61. The lowest BCUT2D eigenvalue weighted by Gasteiger charge is -2.29. The predicted molar refractivity (Wildman–Crippen MR) is 114 cm³/mol. The van der Waals surface area contributed by atoms with E-state index in [9.17, 15) is 4.79 Å². The van der Waals surface area contributed by atoms with Crippen LogP contribution in [0.2, 0.25) is 0 Å². The van der Waals surface area contributed by atoms with E-state index in [2.05, 4.69) is 20.2 Å². The number of hydrogen-bond donors (Lipinski definition) is 2. The van der Waals surface area contributed by atoms with Gasteiger partial charge in [-0.15, -0.1) is 0 Å². The van der Waals surface area contributed by atoms with Crippen molar-refractivity contribution in [1.82, 2.24) is 14.9 Å². The molecule has 160 valence electrons. The summed E-state index contributed by atoms with van der Waals surface area (Å²) in [4.78, 5) is 25.1. The van der Waals surface area contributed by atoms with E-state index in [1.165, 1.54) is 25.7 Å². The Morgan fingerprint density at radius 1 is 1.28 bits per heavy atom. The van der Waals surface area contributed by atoms with Crippen molar-refractivity contribution in [3.63, 3.8) is 0 Å². The first-order chi connectivity index (χ1) is 13.7. The van der Waals surface area contributed by atoms with Crippen molar-refractivity contribution in [3.05, 3.63) is 6.07 Å². The maximum absolute atomic E-state index is 12.4. The minimum atomic E-state index is -0.495. The first kappa shape index (κ1) is 20.0. The van der Waals surface area contributed by atoms with Crippen LogP contribution >= 0.6 is 0 Å². The summed E-state index contributed by atoms with van der Waals surface area (Å²) in [5.41, 5.74) is 5.52. The molecule has 2 heterocycles. The minimum Gasteiger partial charge on any atom is -0.444 e. The zero-order valence-corrected chi connectivity index (χ0v) is 18.0. The number of carbonyl (C=O) groups is 1. The molecule has 3 aliphatic rings. The van der Waals surface area contributed by atoms with E-state index in [-0.39, 0.29) is 18.1 Å². The summed E-state index contributed by atoms with van der Waals surface area (Å²) in [6.45, 7) is 7.18. The molecule has 2 bridgehead atoms. The Kier molecular flexibility index (Phi) is 5.21. The summed E-state index contributed by atoms with van der Waals surface area (Å²) in [7, 11) is 1.80. The summed E-state index contributed by atoms with van der Waals surface area (Å²) in [6, 6.07) is 2.58. The second kappa shape index (κ2) is 7.54. The van der Waals surface area contributed by atoms with Gasteiger partial charge in [0, 0.05) is 32.2 Å². The topological polar surface area (TPSA) is 96.6 Å². The third-order valence-corrected chi connectivity index (χ3v) is 6.52. The van der Waals surface area contributed by atoms with Gasteiger partial charge in [-0.05, 0) is 58.3 Å². The molecule has 0 spiro atoms. The third-order valence-electron chi connectivity index (χ3n) is 6.52. The van der Waals surface area contributed by atoms with Crippen molar-refractivity contribution >= 4 is 23.7 Å². The zero-order chi connectivity index (χ0) is 20.8. The largest absolute Gasteiger partial charge is 0.444 e. The first-order valence-corrected chi connectivity index (χ1v) is 10.8. The van der Waals surface area contributed by atoms with Crippen molar-refractivity contribution in [2.75, 3.05) is 36.1 Å². The highest BCUT2D eigenvalue weighted by Crippen LogP contribution is 2.45. The van der Waals surface area contributed by atoms with Gasteiger partial charge in [0.05, 0.1) is 6.04 Å². The van der Waals surface area contributed by atoms with Crippen LogP contribution in [0, 0.1) is 11.8 Å². The average molecular weight is 403 g/mol. The van der Waals surface area contributed by atoms with E-state index in [0.717, 1.165) is 36.4 Å². The van der Waals surface area contributed by atoms with Crippen molar-refractivity contribution in [2.45, 2.75) is 70.6 Å². The molecule has 1 saturated heterocycles. The highest BCUT2D eigenvalue weighted by molar-refractivity contribution is 5.68. The van der Waals surface area contributed by atoms with Gasteiger partial charge in [-0.2, -0.15) is 9.97 Å². The van der Waals surface area contributed by atoms with Crippen LogP contribution in [0.5, 0.6) is 0 Å². The molecule has 3 fully saturated rings. The molecule has 2 saturated carbocycles. The summed E-state index contributed by atoms with van der Waals surface area (Å²) in [6.07, 6.45) is 5.85. The van der Waals surface area contributed by atoms with Gasteiger partial charge in [0.15, 0.2) is 0 Å². The van der Waals surface area contributed by atoms with Gasteiger partial charge >= 0.3 is 6.09 Å². The van der Waals surface area contributed by atoms with Gasteiger partial charge in [0.2, 0.25) is 5.95 Å². The molecule has 0 radical (unpaired) electrons. The van der Waals surface area contributed by atoms with Crippen LogP contribution < -0.4 is 16.0 Å². The highest BCUT2D eigenvalue weighted by Gasteiger charge is 2.39. The lowest BCUT2D eigenvalue weighted by Crippen LogP contribution is -2.42. The first-order valence-electron chi connectivity index (χ1n) is 10.8. The SMILES string of the molecule is CN(C(=O)OC(C)(C)C)C1CCN(c2cc(N[C@H]3C[C@H]4CC[C@@H]3C4)nc(N)n2)C1. The van der Waals surface area contributed by atoms with Gasteiger partial charge in [0.25, 0.3) is 0 Å². The number of nitrogens with two attached hydrogens (primary N) is 1. The lowest BCUT2D eigenvalue weighted by molar-refractivity contribution is 0.0238. The third kappa shape index (κ3) is 4.51. The maximum Gasteiger partial charge on any atom is 0.410 e. The number of aromatic nitrogens is 2. The molecule has 8 nitrogen and oxygen atoms in total. The molecule has 0 aromatic carbocycles. The molecular formula is C21H34N6O2. The molecular weight excluding hydrogens is 368 g/mol. The molecule has 1 aliphatic heterocycles. The summed E-state index contributed by atoms with van der Waals surface area (Å²) in [5.74, 6) is 3.56. The Bertz CT molecular complexity index is 764. The molecule has 4 atom stereocenters. The molecule has 4 rings (SSSR count). The molecule has 2 aliphatic carbocycles.